The van der Waals surface area contributed by atoms with Crippen molar-refractivity contribution >= 4 is 23.2 Å². The van der Waals surface area contributed by atoms with Crippen molar-refractivity contribution in [3.05, 3.63) is 48.0 Å². The van der Waals surface area contributed by atoms with E-state index >= 15 is 0 Å². The normalized spacial score (nSPS) is 16.2. The minimum Gasteiger partial charge on any atom is -0.490 e. The summed E-state index contributed by atoms with van der Waals surface area (Å²) in [5.41, 5.74) is 2.76. The van der Waals surface area contributed by atoms with E-state index in [4.69, 9.17) is 9.47 Å². The summed E-state index contributed by atoms with van der Waals surface area (Å²) in [5, 5.41) is 9.61. The molecule has 1 fully saturated rings. The van der Waals surface area contributed by atoms with E-state index in [0.717, 1.165) is 54.1 Å². The maximum absolute atomic E-state index is 12.2. The highest BCUT2D eigenvalue weighted by Crippen LogP contribution is 2.32. The van der Waals surface area contributed by atoms with Crippen molar-refractivity contribution in [2.24, 2.45) is 10.9 Å². The molecule has 1 aliphatic heterocycles. The molecule has 0 aromatic heterocycles. The van der Waals surface area contributed by atoms with Crippen molar-refractivity contribution in [3.63, 3.8) is 0 Å². The summed E-state index contributed by atoms with van der Waals surface area (Å²) in [4.78, 5) is 16.5. The summed E-state index contributed by atoms with van der Waals surface area (Å²) in [6.07, 6.45) is 4.02. The Bertz CT molecular complexity index is 924. The van der Waals surface area contributed by atoms with Crippen LogP contribution in [0.1, 0.15) is 31.2 Å². The fourth-order valence-corrected chi connectivity index (χ4v) is 3.42. The standard InChI is InChI=1S/C23H28N4O3/c1-24-23(27-19-9-10-20-21(14-19)30-12-4-11-29-20)25-15-16-5-2-8-18(13-16)26-22(28)17-6-3-7-17/h2,5,8-10,13-14,17H,3-4,6-7,11-12,15H2,1H3,(H,26,28)(H2,24,25,27). The maximum atomic E-state index is 12.2. The Labute approximate surface area is 176 Å². The Morgan fingerprint density at radius 3 is 2.57 bits per heavy atom. The van der Waals surface area contributed by atoms with Crippen LogP contribution in [0.25, 0.3) is 0 Å². The van der Waals surface area contributed by atoms with Gasteiger partial charge in [-0.1, -0.05) is 18.6 Å². The van der Waals surface area contributed by atoms with Crippen molar-refractivity contribution in [2.45, 2.75) is 32.2 Å². The monoisotopic (exact) mass is 408 g/mol. The van der Waals surface area contributed by atoms with Gasteiger partial charge in [0.2, 0.25) is 5.91 Å². The van der Waals surface area contributed by atoms with Crippen LogP contribution in [0.15, 0.2) is 47.5 Å². The lowest BCUT2D eigenvalue weighted by Gasteiger charge is -2.24. The number of carbonyl (C=O) groups excluding carboxylic acids is 1. The molecule has 4 rings (SSSR count). The van der Waals surface area contributed by atoms with Crippen LogP contribution in [0.3, 0.4) is 0 Å². The van der Waals surface area contributed by atoms with Gasteiger partial charge in [0.05, 0.1) is 13.2 Å². The molecule has 2 aliphatic rings. The zero-order valence-electron chi connectivity index (χ0n) is 17.2. The maximum Gasteiger partial charge on any atom is 0.227 e. The van der Waals surface area contributed by atoms with Gasteiger partial charge in [-0.25, -0.2) is 0 Å². The van der Waals surface area contributed by atoms with Gasteiger partial charge >= 0.3 is 0 Å². The molecule has 2 aromatic carbocycles. The number of aliphatic imine (C=N–C) groups is 1. The van der Waals surface area contributed by atoms with Crippen molar-refractivity contribution in [2.75, 3.05) is 30.9 Å². The molecule has 0 bridgehead atoms. The van der Waals surface area contributed by atoms with Crippen LogP contribution in [-0.2, 0) is 11.3 Å². The van der Waals surface area contributed by atoms with E-state index in [-0.39, 0.29) is 11.8 Å². The third kappa shape index (κ3) is 5.03. The number of benzene rings is 2. The van der Waals surface area contributed by atoms with Gasteiger partial charge < -0.3 is 25.4 Å². The van der Waals surface area contributed by atoms with Crippen molar-refractivity contribution in [1.29, 1.82) is 0 Å². The first-order valence-electron chi connectivity index (χ1n) is 10.5. The molecule has 1 heterocycles. The van der Waals surface area contributed by atoms with Crippen LogP contribution in [0.5, 0.6) is 11.5 Å². The van der Waals surface area contributed by atoms with Gasteiger partial charge in [-0.15, -0.1) is 0 Å². The highest BCUT2D eigenvalue weighted by molar-refractivity contribution is 5.94. The number of ether oxygens (including phenoxy) is 2. The summed E-state index contributed by atoms with van der Waals surface area (Å²) in [6.45, 7) is 1.90. The van der Waals surface area contributed by atoms with Gasteiger partial charge in [-0.05, 0) is 42.7 Å². The summed E-state index contributed by atoms with van der Waals surface area (Å²) in [6, 6.07) is 13.7. The van der Waals surface area contributed by atoms with Crippen LogP contribution in [0.2, 0.25) is 0 Å². The van der Waals surface area contributed by atoms with Gasteiger partial charge in [-0.3, -0.25) is 9.79 Å². The van der Waals surface area contributed by atoms with Gasteiger partial charge in [-0.2, -0.15) is 0 Å². The van der Waals surface area contributed by atoms with Crippen molar-refractivity contribution in [1.82, 2.24) is 5.32 Å². The first kappa shape index (κ1) is 20.1. The van der Waals surface area contributed by atoms with E-state index in [9.17, 15) is 4.79 Å². The molecular formula is C23H28N4O3. The first-order chi connectivity index (χ1) is 14.7. The van der Waals surface area contributed by atoms with Crippen molar-refractivity contribution in [3.8, 4) is 11.5 Å². The fraction of sp³-hybridized carbons (Fsp3) is 0.391. The largest absolute Gasteiger partial charge is 0.490 e. The minimum absolute atomic E-state index is 0.123. The summed E-state index contributed by atoms with van der Waals surface area (Å²) in [5.74, 6) is 2.45. The third-order valence-electron chi connectivity index (χ3n) is 5.36. The summed E-state index contributed by atoms with van der Waals surface area (Å²) >= 11 is 0. The van der Waals surface area contributed by atoms with Crippen LogP contribution in [0.4, 0.5) is 11.4 Å². The Hall–Kier alpha value is -3.22. The Morgan fingerprint density at radius 2 is 1.80 bits per heavy atom. The Morgan fingerprint density at radius 1 is 1.00 bits per heavy atom. The minimum atomic E-state index is 0.123. The summed E-state index contributed by atoms with van der Waals surface area (Å²) < 4.78 is 11.4. The molecule has 2 aromatic rings. The van der Waals surface area contributed by atoms with Crippen LogP contribution < -0.4 is 25.4 Å². The number of amides is 1. The lowest BCUT2D eigenvalue weighted by Crippen LogP contribution is -2.30. The molecule has 0 spiro atoms. The van der Waals surface area contributed by atoms with Gasteiger partial charge in [0.25, 0.3) is 0 Å². The van der Waals surface area contributed by atoms with Crippen LogP contribution >= 0.6 is 0 Å². The quantitative estimate of drug-likeness (QED) is 0.518. The molecule has 7 heteroatoms. The topological polar surface area (TPSA) is 84.0 Å². The van der Waals surface area contributed by atoms with Crippen molar-refractivity contribution < 1.29 is 14.3 Å². The Kier molecular flexibility index (Phi) is 6.37. The number of anilines is 2. The predicted molar refractivity (Wildman–Crippen MR) is 118 cm³/mol. The lowest BCUT2D eigenvalue weighted by molar-refractivity contribution is -0.122. The SMILES string of the molecule is CN=C(NCc1cccc(NC(=O)C2CCC2)c1)Nc1ccc2c(c1)OCCCO2. The zero-order valence-corrected chi connectivity index (χ0v) is 17.2. The van der Waals surface area contributed by atoms with Crippen LogP contribution in [-0.4, -0.2) is 32.1 Å². The molecule has 0 radical (unpaired) electrons. The molecule has 1 amide bonds. The molecule has 0 unspecified atom stereocenters. The smallest absolute Gasteiger partial charge is 0.227 e. The molecule has 158 valence electrons. The fourth-order valence-electron chi connectivity index (χ4n) is 3.42. The molecule has 1 saturated carbocycles. The number of carbonyl (C=O) groups is 1. The molecule has 30 heavy (non-hydrogen) atoms. The molecule has 7 nitrogen and oxygen atoms in total. The van der Waals surface area contributed by atoms with E-state index in [2.05, 4.69) is 20.9 Å². The number of nitrogens with zero attached hydrogens (tertiary/aromatic N) is 1. The van der Waals surface area contributed by atoms with Gasteiger partial charge in [0.1, 0.15) is 0 Å². The second-order valence-electron chi connectivity index (χ2n) is 7.58. The highest BCUT2D eigenvalue weighted by Gasteiger charge is 2.25. The highest BCUT2D eigenvalue weighted by atomic mass is 16.5. The predicted octanol–water partition coefficient (Wildman–Crippen LogP) is 3.77. The number of hydrogen-bond donors (Lipinski definition) is 3. The number of fused-ring (bicyclic) bond motifs is 1. The average Bonchev–Trinajstić information content (AvgIpc) is 2.95. The molecule has 0 saturated heterocycles. The number of hydrogen-bond acceptors (Lipinski definition) is 4. The second kappa shape index (κ2) is 9.52. The zero-order chi connectivity index (χ0) is 20.8. The van der Waals surface area contributed by atoms with E-state index in [1.807, 2.05) is 42.5 Å². The van der Waals surface area contributed by atoms with E-state index < -0.39 is 0 Å². The number of rotatable bonds is 5. The van der Waals surface area contributed by atoms with E-state index in [0.29, 0.717) is 25.7 Å². The van der Waals surface area contributed by atoms with Gasteiger partial charge in [0.15, 0.2) is 17.5 Å². The Balaban J connectivity index is 1.34. The molecular weight excluding hydrogens is 380 g/mol. The van der Waals surface area contributed by atoms with E-state index in [1.54, 1.807) is 7.05 Å². The third-order valence-corrected chi connectivity index (χ3v) is 5.36. The van der Waals surface area contributed by atoms with E-state index in [1.165, 1.54) is 0 Å². The molecule has 3 N–H and O–H groups in total. The molecule has 1 aliphatic carbocycles. The second-order valence-corrected chi connectivity index (χ2v) is 7.58. The average molecular weight is 409 g/mol. The first-order valence-corrected chi connectivity index (χ1v) is 10.5. The molecule has 0 atom stereocenters. The number of nitrogens with one attached hydrogen (secondary N) is 3. The van der Waals surface area contributed by atoms with Gasteiger partial charge in [0, 0.05) is 43.4 Å². The van der Waals surface area contributed by atoms with Crippen LogP contribution in [0, 0.1) is 5.92 Å². The summed E-state index contributed by atoms with van der Waals surface area (Å²) in [7, 11) is 1.73. The number of guanidine groups is 1. The lowest BCUT2D eigenvalue weighted by atomic mass is 9.85.